The van der Waals surface area contributed by atoms with Crippen LogP contribution in [-0.2, 0) is 16.0 Å². The van der Waals surface area contributed by atoms with Crippen molar-refractivity contribution in [3.05, 3.63) is 70.5 Å². The Morgan fingerprint density at radius 2 is 1.68 bits per heavy atom. The lowest BCUT2D eigenvalue weighted by Gasteiger charge is -2.09. The summed E-state index contributed by atoms with van der Waals surface area (Å²) >= 11 is 0. The van der Waals surface area contributed by atoms with Crippen LogP contribution in [0.2, 0.25) is 0 Å². The van der Waals surface area contributed by atoms with Crippen LogP contribution in [0.1, 0.15) is 32.9 Å². The molecule has 0 aliphatic carbocycles. The highest BCUT2D eigenvalue weighted by Gasteiger charge is 2.12. The average Bonchev–Trinajstić information content (AvgIpc) is 2.68. The molecule has 2 aromatic carbocycles. The highest BCUT2D eigenvalue weighted by atomic mass is 16.5. The van der Waals surface area contributed by atoms with E-state index in [4.69, 9.17) is 4.74 Å². The summed E-state index contributed by atoms with van der Waals surface area (Å²) in [6.45, 7) is 5.97. The van der Waals surface area contributed by atoms with Gasteiger partial charge in [0.15, 0.2) is 6.61 Å². The SMILES string of the molecule is Cc1ccccc1CCNC(=O)COC(=O)c1ccc2nc(C)c(C)nc2c1. The lowest BCUT2D eigenvalue weighted by molar-refractivity contribution is -0.124. The first kappa shape index (κ1) is 19.5. The van der Waals surface area contributed by atoms with Crippen LogP contribution in [0.4, 0.5) is 0 Å². The van der Waals surface area contributed by atoms with Gasteiger partial charge in [-0.1, -0.05) is 24.3 Å². The number of hydrogen-bond acceptors (Lipinski definition) is 5. The highest BCUT2D eigenvalue weighted by Crippen LogP contribution is 2.15. The van der Waals surface area contributed by atoms with Crippen LogP contribution in [0.5, 0.6) is 0 Å². The molecule has 0 atom stereocenters. The minimum absolute atomic E-state index is 0.316. The molecule has 3 aromatic rings. The Morgan fingerprint density at radius 1 is 0.964 bits per heavy atom. The molecule has 0 bridgehead atoms. The molecular weight excluding hydrogens is 354 g/mol. The molecule has 0 fully saturated rings. The summed E-state index contributed by atoms with van der Waals surface area (Å²) in [5, 5.41) is 2.77. The first-order valence-electron chi connectivity index (χ1n) is 9.17. The Hall–Kier alpha value is -3.28. The Morgan fingerprint density at radius 3 is 2.43 bits per heavy atom. The molecule has 1 N–H and O–H groups in total. The monoisotopic (exact) mass is 377 g/mol. The van der Waals surface area contributed by atoms with Gasteiger partial charge in [-0.2, -0.15) is 0 Å². The lowest BCUT2D eigenvalue weighted by Crippen LogP contribution is -2.30. The Kier molecular flexibility index (Phi) is 5.99. The summed E-state index contributed by atoms with van der Waals surface area (Å²) in [7, 11) is 0. The zero-order chi connectivity index (χ0) is 20.1. The van der Waals surface area contributed by atoms with Gasteiger partial charge in [0.2, 0.25) is 0 Å². The number of ether oxygens (including phenoxy) is 1. The number of benzene rings is 2. The van der Waals surface area contributed by atoms with E-state index in [1.54, 1.807) is 18.2 Å². The predicted molar refractivity (Wildman–Crippen MR) is 107 cm³/mol. The molecule has 6 heteroatoms. The van der Waals surface area contributed by atoms with E-state index in [0.717, 1.165) is 17.8 Å². The van der Waals surface area contributed by atoms with E-state index >= 15 is 0 Å². The van der Waals surface area contributed by atoms with Crippen molar-refractivity contribution in [2.75, 3.05) is 13.2 Å². The maximum absolute atomic E-state index is 12.2. The van der Waals surface area contributed by atoms with Crippen LogP contribution in [0.25, 0.3) is 11.0 Å². The van der Waals surface area contributed by atoms with Gasteiger partial charge in [0.1, 0.15) is 0 Å². The van der Waals surface area contributed by atoms with Gasteiger partial charge in [0, 0.05) is 6.54 Å². The number of carbonyl (C=O) groups is 2. The minimum atomic E-state index is -0.559. The van der Waals surface area contributed by atoms with Crippen LogP contribution in [0.15, 0.2) is 42.5 Å². The third-order valence-electron chi connectivity index (χ3n) is 4.62. The van der Waals surface area contributed by atoms with Gasteiger partial charge in [-0.25, -0.2) is 14.8 Å². The normalized spacial score (nSPS) is 10.7. The van der Waals surface area contributed by atoms with Gasteiger partial charge in [-0.05, 0) is 56.5 Å². The highest BCUT2D eigenvalue weighted by molar-refractivity contribution is 5.94. The van der Waals surface area contributed by atoms with E-state index in [0.29, 0.717) is 23.1 Å². The van der Waals surface area contributed by atoms with Gasteiger partial charge >= 0.3 is 5.97 Å². The number of aryl methyl sites for hydroxylation is 3. The van der Waals surface area contributed by atoms with Gasteiger partial charge < -0.3 is 10.1 Å². The van der Waals surface area contributed by atoms with Gasteiger partial charge in [0.25, 0.3) is 5.91 Å². The van der Waals surface area contributed by atoms with E-state index in [1.165, 1.54) is 11.1 Å². The van der Waals surface area contributed by atoms with Crippen molar-refractivity contribution in [3.8, 4) is 0 Å². The van der Waals surface area contributed by atoms with Crippen LogP contribution >= 0.6 is 0 Å². The summed E-state index contributed by atoms with van der Waals surface area (Å²) in [5.74, 6) is -0.884. The Balaban J connectivity index is 1.52. The molecule has 0 radical (unpaired) electrons. The van der Waals surface area contributed by atoms with Gasteiger partial charge in [-0.3, -0.25) is 4.79 Å². The molecule has 28 heavy (non-hydrogen) atoms. The number of esters is 1. The second-order valence-electron chi connectivity index (χ2n) is 6.70. The third-order valence-corrected chi connectivity index (χ3v) is 4.62. The number of aromatic nitrogens is 2. The quantitative estimate of drug-likeness (QED) is 0.668. The van der Waals surface area contributed by atoms with E-state index in [-0.39, 0.29) is 12.5 Å². The molecule has 1 aromatic heterocycles. The van der Waals surface area contributed by atoms with Crippen molar-refractivity contribution in [3.63, 3.8) is 0 Å². The molecular formula is C22H23N3O3. The lowest BCUT2D eigenvalue weighted by atomic mass is 10.1. The molecule has 0 spiro atoms. The van der Waals surface area contributed by atoms with Gasteiger partial charge in [0.05, 0.1) is 28.0 Å². The van der Waals surface area contributed by atoms with E-state index in [2.05, 4.69) is 15.3 Å². The fourth-order valence-electron chi connectivity index (χ4n) is 2.85. The molecule has 0 saturated carbocycles. The largest absolute Gasteiger partial charge is 0.452 e. The zero-order valence-electron chi connectivity index (χ0n) is 16.3. The van der Waals surface area contributed by atoms with Crippen molar-refractivity contribution >= 4 is 22.9 Å². The maximum Gasteiger partial charge on any atom is 0.338 e. The summed E-state index contributed by atoms with van der Waals surface area (Å²) in [6, 6.07) is 13.0. The van der Waals surface area contributed by atoms with Crippen LogP contribution in [0.3, 0.4) is 0 Å². The van der Waals surface area contributed by atoms with Crippen LogP contribution in [0, 0.1) is 20.8 Å². The summed E-state index contributed by atoms with van der Waals surface area (Å²) in [6.07, 6.45) is 0.731. The minimum Gasteiger partial charge on any atom is -0.452 e. The molecule has 3 rings (SSSR count). The fourth-order valence-corrected chi connectivity index (χ4v) is 2.85. The predicted octanol–water partition coefficient (Wildman–Crippen LogP) is 3.07. The Bertz CT molecular complexity index is 1030. The molecule has 0 aliphatic rings. The van der Waals surface area contributed by atoms with Crippen molar-refractivity contribution < 1.29 is 14.3 Å². The number of rotatable bonds is 6. The first-order chi connectivity index (χ1) is 13.4. The summed E-state index contributed by atoms with van der Waals surface area (Å²) in [4.78, 5) is 33.0. The average molecular weight is 377 g/mol. The molecule has 0 saturated heterocycles. The van der Waals surface area contributed by atoms with Crippen molar-refractivity contribution in [1.82, 2.24) is 15.3 Å². The van der Waals surface area contributed by atoms with Crippen LogP contribution in [-0.4, -0.2) is 35.0 Å². The fraction of sp³-hybridized carbons (Fsp3) is 0.273. The number of hydrogen-bond donors (Lipinski definition) is 1. The molecule has 1 amide bonds. The molecule has 144 valence electrons. The topological polar surface area (TPSA) is 81.2 Å². The third kappa shape index (κ3) is 4.71. The number of carbonyl (C=O) groups excluding carboxylic acids is 2. The number of nitrogens with one attached hydrogen (secondary N) is 1. The first-order valence-corrected chi connectivity index (χ1v) is 9.17. The van der Waals surface area contributed by atoms with Gasteiger partial charge in [-0.15, -0.1) is 0 Å². The molecule has 0 aliphatic heterocycles. The molecule has 1 heterocycles. The number of fused-ring (bicyclic) bond motifs is 1. The van der Waals surface area contributed by atoms with Crippen molar-refractivity contribution in [1.29, 1.82) is 0 Å². The summed E-state index contributed by atoms with van der Waals surface area (Å²) < 4.78 is 5.12. The maximum atomic E-state index is 12.2. The smallest absolute Gasteiger partial charge is 0.338 e. The van der Waals surface area contributed by atoms with Crippen molar-refractivity contribution in [2.45, 2.75) is 27.2 Å². The van der Waals surface area contributed by atoms with Crippen LogP contribution < -0.4 is 5.32 Å². The van der Waals surface area contributed by atoms with E-state index in [1.807, 2.05) is 45.0 Å². The second-order valence-corrected chi connectivity index (χ2v) is 6.70. The van der Waals surface area contributed by atoms with Crippen molar-refractivity contribution in [2.24, 2.45) is 0 Å². The standard InChI is InChI=1S/C22H23N3O3/c1-14-6-4-5-7-17(14)10-11-23-21(26)13-28-22(27)18-8-9-19-20(12-18)25-16(3)15(2)24-19/h4-9,12H,10-11,13H2,1-3H3,(H,23,26). The molecule has 6 nitrogen and oxygen atoms in total. The summed E-state index contributed by atoms with van der Waals surface area (Å²) in [5.41, 5.74) is 5.72. The Labute approximate surface area is 164 Å². The number of nitrogens with zero attached hydrogens (tertiary/aromatic N) is 2. The zero-order valence-corrected chi connectivity index (χ0v) is 16.3. The number of amides is 1. The second kappa shape index (κ2) is 8.61. The molecule has 0 unspecified atom stereocenters. The van der Waals surface area contributed by atoms with E-state index < -0.39 is 5.97 Å². The van der Waals surface area contributed by atoms with E-state index in [9.17, 15) is 9.59 Å².